The highest BCUT2D eigenvalue weighted by atomic mass is 16.6. The van der Waals surface area contributed by atoms with E-state index in [1.165, 1.54) is 26.0 Å². The predicted molar refractivity (Wildman–Crippen MR) is 134 cm³/mol. The van der Waals surface area contributed by atoms with E-state index in [0.717, 1.165) is 11.1 Å². The lowest BCUT2D eigenvalue weighted by molar-refractivity contribution is -0.132. The second kappa shape index (κ2) is 11.1. The van der Waals surface area contributed by atoms with Gasteiger partial charge >= 0.3 is 17.9 Å². The van der Waals surface area contributed by atoms with Crippen molar-refractivity contribution in [2.24, 2.45) is 0 Å². The Morgan fingerprint density at radius 1 is 0.611 bits per heavy atom. The number of hydrogen-bond acceptors (Lipinski definition) is 8. The summed E-state index contributed by atoms with van der Waals surface area (Å²) in [5.41, 5.74) is 2.76. The van der Waals surface area contributed by atoms with Crippen molar-refractivity contribution in [1.82, 2.24) is 9.97 Å². The lowest BCUT2D eigenvalue weighted by Crippen LogP contribution is -2.13. The summed E-state index contributed by atoms with van der Waals surface area (Å²) in [6.07, 6.45) is 3.26. The first kappa shape index (κ1) is 25.8. The third-order valence-electron chi connectivity index (χ3n) is 4.70. The molecule has 0 N–H and O–H groups in total. The molecule has 0 aliphatic rings. The van der Waals surface area contributed by atoms with E-state index in [9.17, 15) is 14.4 Å². The maximum Gasteiger partial charge on any atom is 0.338 e. The van der Waals surface area contributed by atoms with E-state index in [-0.39, 0.29) is 22.6 Å². The number of ether oxygens (including phenoxy) is 3. The molecule has 3 aromatic rings. The van der Waals surface area contributed by atoms with Crippen LogP contribution in [0.15, 0.2) is 91.3 Å². The number of esters is 3. The molecule has 3 rings (SSSR count). The first-order chi connectivity index (χ1) is 17.0. The molecule has 0 saturated heterocycles. The summed E-state index contributed by atoms with van der Waals surface area (Å²) >= 11 is 0. The molecule has 182 valence electrons. The van der Waals surface area contributed by atoms with Gasteiger partial charge < -0.3 is 14.2 Å². The number of nitrogens with zero attached hydrogens (tertiary/aromatic N) is 2. The monoisotopic (exact) mass is 484 g/mol. The van der Waals surface area contributed by atoms with Crippen molar-refractivity contribution in [2.45, 2.75) is 20.8 Å². The molecule has 2 aromatic carbocycles. The minimum Gasteiger partial charge on any atom is -0.423 e. The highest BCUT2D eigenvalue weighted by Crippen LogP contribution is 2.33. The van der Waals surface area contributed by atoms with Gasteiger partial charge in [-0.1, -0.05) is 31.9 Å². The molecule has 8 heteroatoms. The van der Waals surface area contributed by atoms with Crippen LogP contribution in [0, 0.1) is 0 Å². The maximum atomic E-state index is 12.1. The standard InChI is InChI=1S/C28H24N2O6/c1-16(2)26(31)34-22-10-7-19(8-11-22)21-14-29-25(30-15-21)20-9-12-23(35-27(32)17(3)4)24(13-20)36-28(33)18(5)6/h7-15H,1,3,5H2,2,4,6H3. The Kier molecular flexibility index (Phi) is 7.91. The summed E-state index contributed by atoms with van der Waals surface area (Å²) in [5.74, 6) is -1.01. The van der Waals surface area contributed by atoms with Gasteiger partial charge in [0, 0.05) is 40.2 Å². The Morgan fingerprint density at radius 3 is 1.61 bits per heavy atom. The number of hydrogen-bond donors (Lipinski definition) is 0. The van der Waals surface area contributed by atoms with E-state index in [1.807, 2.05) is 0 Å². The summed E-state index contributed by atoms with van der Waals surface area (Å²) in [6.45, 7) is 15.3. The molecule has 8 nitrogen and oxygen atoms in total. The summed E-state index contributed by atoms with van der Waals surface area (Å²) in [7, 11) is 0. The molecule has 0 amide bonds. The number of benzene rings is 2. The average Bonchev–Trinajstić information content (AvgIpc) is 2.85. The van der Waals surface area contributed by atoms with Crippen molar-refractivity contribution in [2.75, 3.05) is 0 Å². The van der Waals surface area contributed by atoms with Crippen LogP contribution in [-0.2, 0) is 14.4 Å². The van der Waals surface area contributed by atoms with Crippen LogP contribution in [0.4, 0.5) is 0 Å². The minimum atomic E-state index is -0.673. The molecule has 0 radical (unpaired) electrons. The lowest BCUT2D eigenvalue weighted by atomic mass is 10.1. The summed E-state index contributed by atoms with van der Waals surface area (Å²) in [6, 6.07) is 11.5. The molecule has 0 unspecified atom stereocenters. The van der Waals surface area contributed by atoms with Gasteiger partial charge in [-0.2, -0.15) is 0 Å². The van der Waals surface area contributed by atoms with Crippen LogP contribution >= 0.6 is 0 Å². The Hall–Kier alpha value is -4.85. The lowest BCUT2D eigenvalue weighted by Gasteiger charge is -2.12. The number of carbonyl (C=O) groups is 3. The van der Waals surface area contributed by atoms with Gasteiger partial charge in [-0.25, -0.2) is 24.4 Å². The highest BCUT2D eigenvalue weighted by molar-refractivity contribution is 5.91. The molecule has 36 heavy (non-hydrogen) atoms. The fourth-order valence-electron chi connectivity index (χ4n) is 2.72. The van der Waals surface area contributed by atoms with Gasteiger partial charge in [-0.05, 0) is 56.7 Å². The largest absolute Gasteiger partial charge is 0.423 e. The second-order valence-corrected chi connectivity index (χ2v) is 7.99. The van der Waals surface area contributed by atoms with E-state index in [4.69, 9.17) is 14.2 Å². The molecule has 1 heterocycles. The first-order valence-electron chi connectivity index (χ1n) is 10.7. The van der Waals surface area contributed by atoms with Crippen LogP contribution in [-0.4, -0.2) is 27.9 Å². The zero-order valence-corrected chi connectivity index (χ0v) is 20.2. The van der Waals surface area contributed by atoms with Crippen LogP contribution in [0.5, 0.6) is 17.2 Å². The molecule has 0 saturated carbocycles. The smallest absolute Gasteiger partial charge is 0.338 e. The van der Waals surface area contributed by atoms with Crippen molar-refractivity contribution in [1.29, 1.82) is 0 Å². The van der Waals surface area contributed by atoms with Gasteiger partial charge in [0.15, 0.2) is 17.3 Å². The van der Waals surface area contributed by atoms with Crippen LogP contribution in [0.1, 0.15) is 20.8 Å². The minimum absolute atomic E-state index is 0.0164. The third kappa shape index (κ3) is 6.38. The van der Waals surface area contributed by atoms with Crippen LogP contribution in [0.2, 0.25) is 0 Å². The van der Waals surface area contributed by atoms with Gasteiger partial charge in [-0.3, -0.25) is 0 Å². The normalized spacial score (nSPS) is 10.2. The fourth-order valence-corrected chi connectivity index (χ4v) is 2.72. The first-order valence-corrected chi connectivity index (χ1v) is 10.7. The van der Waals surface area contributed by atoms with Gasteiger partial charge in [-0.15, -0.1) is 0 Å². The molecule has 0 aliphatic heterocycles. The van der Waals surface area contributed by atoms with Gasteiger partial charge in [0.05, 0.1) is 0 Å². The molecule has 0 fully saturated rings. The molecule has 0 aliphatic carbocycles. The van der Waals surface area contributed by atoms with Crippen molar-refractivity contribution in [3.8, 4) is 39.8 Å². The number of carbonyl (C=O) groups excluding carboxylic acids is 3. The Labute approximate surface area is 208 Å². The highest BCUT2D eigenvalue weighted by Gasteiger charge is 2.17. The quantitative estimate of drug-likeness (QED) is 0.242. The molecule has 0 atom stereocenters. The third-order valence-corrected chi connectivity index (χ3v) is 4.70. The maximum absolute atomic E-state index is 12.1. The fraction of sp³-hybridized carbons (Fsp3) is 0.107. The second-order valence-electron chi connectivity index (χ2n) is 7.99. The van der Waals surface area contributed by atoms with E-state index < -0.39 is 17.9 Å². The number of aromatic nitrogens is 2. The van der Waals surface area contributed by atoms with Crippen LogP contribution in [0.3, 0.4) is 0 Å². The summed E-state index contributed by atoms with van der Waals surface area (Å²) in [4.78, 5) is 44.6. The molecular weight excluding hydrogens is 460 g/mol. The predicted octanol–water partition coefficient (Wildman–Crippen LogP) is 5.26. The van der Waals surface area contributed by atoms with Crippen molar-refractivity contribution in [3.63, 3.8) is 0 Å². The van der Waals surface area contributed by atoms with Crippen LogP contribution < -0.4 is 14.2 Å². The molecule has 1 aromatic heterocycles. The van der Waals surface area contributed by atoms with Crippen LogP contribution in [0.25, 0.3) is 22.5 Å². The Morgan fingerprint density at radius 2 is 1.08 bits per heavy atom. The summed E-state index contributed by atoms with van der Waals surface area (Å²) in [5, 5.41) is 0. The number of rotatable bonds is 8. The van der Waals surface area contributed by atoms with Gasteiger partial charge in [0.25, 0.3) is 0 Å². The Balaban J connectivity index is 1.85. The molecule has 0 bridgehead atoms. The van der Waals surface area contributed by atoms with Crippen molar-refractivity contribution >= 4 is 17.9 Å². The molecule has 0 spiro atoms. The summed E-state index contributed by atoms with van der Waals surface area (Å²) < 4.78 is 15.8. The Bertz CT molecular complexity index is 1370. The topological polar surface area (TPSA) is 105 Å². The van der Waals surface area contributed by atoms with E-state index in [2.05, 4.69) is 29.7 Å². The van der Waals surface area contributed by atoms with E-state index in [0.29, 0.717) is 22.7 Å². The zero-order chi connectivity index (χ0) is 26.4. The van der Waals surface area contributed by atoms with E-state index in [1.54, 1.807) is 49.6 Å². The van der Waals surface area contributed by atoms with E-state index >= 15 is 0 Å². The SMILES string of the molecule is C=C(C)C(=O)Oc1ccc(-c2cnc(-c3ccc(OC(=O)C(=C)C)c(OC(=O)C(=C)C)c3)nc2)cc1. The van der Waals surface area contributed by atoms with Gasteiger partial charge in [0.2, 0.25) is 0 Å². The van der Waals surface area contributed by atoms with Crippen molar-refractivity contribution in [3.05, 3.63) is 91.3 Å². The average molecular weight is 485 g/mol. The molecular formula is C28H24N2O6. The zero-order valence-electron chi connectivity index (χ0n) is 20.2. The van der Waals surface area contributed by atoms with Crippen molar-refractivity contribution < 1.29 is 28.6 Å². The van der Waals surface area contributed by atoms with Gasteiger partial charge in [0.1, 0.15) is 5.75 Å².